The van der Waals surface area contributed by atoms with Crippen molar-refractivity contribution >= 4 is 32.9 Å². The van der Waals surface area contributed by atoms with E-state index >= 15 is 0 Å². The minimum absolute atomic E-state index is 0.330. The van der Waals surface area contributed by atoms with E-state index < -0.39 is 5.97 Å². The number of methoxy groups -OCH3 is 1. The molecule has 0 bridgehead atoms. The molecule has 0 aliphatic carbocycles. The second kappa shape index (κ2) is 4.79. The molecule has 90 valence electrons. The third kappa shape index (κ3) is 2.15. The summed E-state index contributed by atoms with van der Waals surface area (Å²) in [7, 11) is 1.57. The van der Waals surface area contributed by atoms with E-state index in [0.29, 0.717) is 28.9 Å². The molecule has 0 atom stereocenters. The molecule has 1 aromatic heterocycles. The average molecular weight is 299 g/mol. The van der Waals surface area contributed by atoms with Crippen LogP contribution in [0.25, 0.3) is 11.0 Å². The number of ether oxygens (including phenoxy) is 2. The normalized spacial score (nSPS) is 10.5. The molecular weight excluding hydrogens is 288 g/mol. The Hall–Kier alpha value is -1.49. The van der Waals surface area contributed by atoms with Crippen LogP contribution in [0.3, 0.4) is 0 Å². The second-order valence-electron chi connectivity index (χ2n) is 3.36. The van der Waals surface area contributed by atoms with E-state index in [4.69, 9.17) is 13.9 Å². The van der Waals surface area contributed by atoms with Crippen LogP contribution in [-0.2, 0) is 4.74 Å². The lowest BCUT2D eigenvalue weighted by Gasteiger charge is -2.02. The second-order valence-corrected chi connectivity index (χ2v) is 4.21. The van der Waals surface area contributed by atoms with Gasteiger partial charge in [-0.15, -0.1) is 0 Å². The van der Waals surface area contributed by atoms with Gasteiger partial charge in [-0.3, -0.25) is 0 Å². The standard InChI is InChI=1S/C12H11BrO4/c1-3-16-12(14)9-6-17-11-8(9)4-7(15-2)5-10(11)13/h4-6H,3H2,1-2H3. The van der Waals surface area contributed by atoms with Gasteiger partial charge < -0.3 is 13.9 Å². The number of furan rings is 1. The van der Waals surface area contributed by atoms with Crippen molar-refractivity contribution in [1.82, 2.24) is 0 Å². The van der Waals surface area contributed by atoms with Crippen LogP contribution in [0.15, 0.2) is 27.3 Å². The maximum Gasteiger partial charge on any atom is 0.342 e. The Morgan fingerprint density at radius 2 is 2.24 bits per heavy atom. The third-order valence-corrected chi connectivity index (χ3v) is 2.92. The largest absolute Gasteiger partial charge is 0.497 e. The van der Waals surface area contributed by atoms with Gasteiger partial charge in [0.15, 0.2) is 0 Å². The molecule has 0 spiro atoms. The highest BCUT2D eigenvalue weighted by Gasteiger charge is 2.17. The Labute approximate surface area is 107 Å². The Morgan fingerprint density at radius 1 is 1.47 bits per heavy atom. The van der Waals surface area contributed by atoms with Crippen LogP contribution in [0.4, 0.5) is 0 Å². The number of halogens is 1. The number of carbonyl (C=O) groups excluding carboxylic acids is 1. The number of esters is 1. The topological polar surface area (TPSA) is 48.7 Å². The number of hydrogen-bond acceptors (Lipinski definition) is 4. The summed E-state index contributed by atoms with van der Waals surface area (Å²) in [5, 5.41) is 0.676. The van der Waals surface area contributed by atoms with Crippen LogP contribution >= 0.6 is 15.9 Å². The quantitative estimate of drug-likeness (QED) is 0.815. The lowest BCUT2D eigenvalue weighted by Crippen LogP contribution is -2.03. The molecule has 5 heteroatoms. The van der Waals surface area contributed by atoms with Crippen molar-refractivity contribution in [1.29, 1.82) is 0 Å². The Morgan fingerprint density at radius 3 is 2.88 bits per heavy atom. The monoisotopic (exact) mass is 298 g/mol. The molecule has 0 unspecified atom stereocenters. The van der Waals surface area contributed by atoms with Gasteiger partial charge in [0.05, 0.1) is 18.2 Å². The average Bonchev–Trinajstić information content (AvgIpc) is 2.73. The number of hydrogen-bond donors (Lipinski definition) is 0. The van der Waals surface area contributed by atoms with Crippen LogP contribution in [0.1, 0.15) is 17.3 Å². The summed E-state index contributed by atoms with van der Waals surface area (Å²) in [5.41, 5.74) is 1.01. The molecule has 0 saturated heterocycles. The van der Waals surface area contributed by atoms with Gasteiger partial charge in [-0.1, -0.05) is 0 Å². The number of benzene rings is 1. The van der Waals surface area contributed by atoms with Crippen molar-refractivity contribution in [2.45, 2.75) is 6.92 Å². The van der Waals surface area contributed by atoms with Gasteiger partial charge in [-0.05, 0) is 35.0 Å². The first-order valence-electron chi connectivity index (χ1n) is 5.09. The molecule has 1 aromatic carbocycles. The first-order valence-corrected chi connectivity index (χ1v) is 5.88. The van der Waals surface area contributed by atoms with E-state index in [0.717, 1.165) is 4.47 Å². The van der Waals surface area contributed by atoms with Crippen molar-refractivity contribution in [3.05, 3.63) is 28.4 Å². The Bertz CT molecular complexity index is 559. The number of rotatable bonds is 3. The van der Waals surface area contributed by atoms with Crippen molar-refractivity contribution in [2.75, 3.05) is 13.7 Å². The molecule has 0 aliphatic rings. The SMILES string of the molecule is CCOC(=O)c1coc2c(Br)cc(OC)cc12. The summed E-state index contributed by atoms with van der Waals surface area (Å²) in [5.74, 6) is 0.253. The van der Waals surface area contributed by atoms with E-state index in [1.807, 2.05) is 0 Å². The van der Waals surface area contributed by atoms with Gasteiger partial charge in [0.2, 0.25) is 0 Å². The first-order chi connectivity index (χ1) is 8.17. The summed E-state index contributed by atoms with van der Waals surface area (Å²) in [4.78, 5) is 11.7. The van der Waals surface area contributed by atoms with Crippen LogP contribution in [0, 0.1) is 0 Å². The fourth-order valence-electron chi connectivity index (χ4n) is 1.55. The summed E-state index contributed by atoms with van der Waals surface area (Å²) in [6, 6.07) is 3.52. The van der Waals surface area contributed by atoms with E-state index in [1.165, 1.54) is 6.26 Å². The molecule has 0 aliphatic heterocycles. The number of carbonyl (C=O) groups is 1. The fourth-order valence-corrected chi connectivity index (χ4v) is 2.09. The third-order valence-electron chi connectivity index (χ3n) is 2.33. The highest BCUT2D eigenvalue weighted by atomic mass is 79.9. The number of fused-ring (bicyclic) bond motifs is 1. The molecule has 0 amide bonds. The zero-order valence-corrected chi connectivity index (χ0v) is 11.0. The summed E-state index contributed by atoms with van der Waals surface area (Å²) in [6.07, 6.45) is 1.40. The van der Waals surface area contributed by atoms with Crippen molar-refractivity contribution < 1.29 is 18.7 Å². The smallest absolute Gasteiger partial charge is 0.342 e. The van der Waals surface area contributed by atoms with Gasteiger partial charge in [0, 0.05) is 5.39 Å². The van der Waals surface area contributed by atoms with Crippen LogP contribution in [-0.4, -0.2) is 19.7 Å². The van der Waals surface area contributed by atoms with E-state index in [9.17, 15) is 4.79 Å². The molecule has 4 nitrogen and oxygen atoms in total. The van der Waals surface area contributed by atoms with Gasteiger partial charge in [-0.25, -0.2) is 4.79 Å². The lowest BCUT2D eigenvalue weighted by atomic mass is 10.1. The van der Waals surface area contributed by atoms with E-state index in [1.54, 1.807) is 26.2 Å². The highest BCUT2D eigenvalue weighted by Crippen LogP contribution is 2.33. The minimum atomic E-state index is -0.397. The lowest BCUT2D eigenvalue weighted by molar-refractivity contribution is 0.0527. The van der Waals surface area contributed by atoms with Crippen LogP contribution in [0.5, 0.6) is 5.75 Å². The van der Waals surface area contributed by atoms with E-state index in [-0.39, 0.29) is 0 Å². The molecule has 0 saturated carbocycles. The molecule has 1 heterocycles. The van der Waals surface area contributed by atoms with Crippen LogP contribution in [0.2, 0.25) is 0 Å². The summed E-state index contributed by atoms with van der Waals surface area (Å²) in [6.45, 7) is 2.09. The molecular formula is C12H11BrO4. The maximum atomic E-state index is 11.7. The molecule has 17 heavy (non-hydrogen) atoms. The molecule has 2 aromatic rings. The van der Waals surface area contributed by atoms with E-state index in [2.05, 4.69) is 15.9 Å². The molecule has 0 fully saturated rings. The predicted octanol–water partition coefficient (Wildman–Crippen LogP) is 3.38. The highest BCUT2D eigenvalue weighted by molar-refractivity contribution is 9.10. The van der Waals surface area contributed by atoms with Gasteiger partial charge in [0.1, 0.15) is 23.2 Å². The Kier molecular flexibility index (Phi) is 3.38. The van der Waals surface area contributed by atoms with Crippen molar-refractivity contribution in [3.63, 3.8) is 0 Å². The minimum Gasteiger partial charge on any atom is -0.497 e. The first kappa shape index (κ1) is 12.0. The summed E-state index contributed by atoms with van der Waals surface area (Å²) >= 11 is 3.36. The maximum absolute atomic E-state index is 11.7. The molecule has 0 N–H and O–H groups in total. The van der Waals surface area contributed by atoms with Crippen molar-refractivity contribution in [2.24, 2.45) is 0 Å². The zero-order valence-electron chi connectivity index (χ0n) is 9.45. The summed E-state index contributed by atoms with van der Waals surface area (Å²) < 4.78 is 16.2. The Balaban J connectivity index is 2.58. The van der Waals surface area contributed by atoms with Crippen LogP contribution < -0.4 is 4.74 Å². The fraction of sp³-hybridized carbons (Fsp3) is 0.250. The zero-order chi connectivity index (χ0) is 12.4. The van der Waals surface area contributed by atoms with Gasteiger partial charge >= 0.3 is 5.97 Å². The molecule has 0 radical (unpaired) electrons. The predicted molar refractivity (Wildman–Crippen MR) is 66.4 cm³/mol. The van der Waals surface area contributed by atoms with Gasteiger partial charge in [0.25, 0.3) is 0 Å². The van der Waals surface area contributed by atoms with Crippen molar-refractivity contribution in [3.8, 4) is 5.75 Å². The molecule has 2 rings (SSSR count). The van der Waals surface area contributed by atoms with Gasteiger partial charge in [-0.2, -0.15) is 0 Å².